The highest BCUT2D eigenvalue weighted by atomic mass is 14.3. The van der Waals surface area contributed by atoms with Crippen LogP contribution in [-0.2, 0) is 0 Å². The van der Waals surface area contributed by atoms with Crippen LogP contribution in [-0.4, -0.2) is 0 Å². The first-order valence-corrected chi connectivity index (χ1v) is 15.8. The minimum absolute atomic E-state index is 1.11. The molecule has 8 rings (SSSR count). The normalized spacial score (nSPS) is 11.2. The summed E-state index contributed by atoms with van der Waals surface area (Å²) in [4.78, 5) is 0. The van der Waals surface area contributed by atoms with Gasteiger partial charge in [0.05, 0.1) is 0 Å². The van der Waals surface area contributed by atoms with Crippen molar-refractivity contribution in [3.63, 3.8) is 0 Å². The van der Waals surface area contributed by atoms with E-state index in [2.05, 4.69) is 171 Å². The molecule has 8 aromatic carbocycles. The maximum Gasteiger partial charge on any atom is -0.000139 e. The molecular weight excluding hydrogens is 553 g/mol. The molecule has 0 aliphatic rings. The summed E-state index contributed by atoms with van der Waals surface area (Å²) in [6, 6.07) is 57.4. The Bertz CT molecular complexity index is 2220. The van der Waals surface area contributed by atoms with Crippen LogP contribution >= 0.6 is 0 Å². The molecule has 0 heterocycles. The van der Waals surface area contributed by atoms with E-state index in [0.717, 1.165) is 11.1 Å². The summed E-state index contributed by atoms with van der Waals surface area (Å²) >= 11 is 0. The lowest BCUT2D eigenvalue weighted by Gasteiger charge is -2.25. The average molecular weight is 585 g/mol. The van der Waals surface area contributed by atoms with Crippen molar-refractivity contribution in [1.82, 2.24) is 0 Å². The summed E-state index contributed by atoms with van der Waals surface area (Å²) in [5.41, 5.74) is 12.0. The highest BCUT2D eigenvalue weighted by Gasteiger charge is 2.25. The van der Waals surface area contributed by atoms with Crippen molar-refractivity contribution in [1.29, 1.82) is 0 Å². The predicted octanol–water partition coefficient (Wildman–Crippen LogP) is 13.1. The summed E-state index contributed by atoms with van der Waals surface area (Å²) in [5.74, 6) is 0. The minimum Gasteiger partial charge on any atom is -0.0985 e. The van der Waals surface area contributed by atoms with Crippen LogP contribution in [0.15, 0.2) is 171 Å². The molecule has 0 spiro atoms. The molecule has 0 amide bonds. The Kier molecular flexibility index (Phi) is 6.89. The fourth-order valence-electron chi connectivity index (χ4n) is 7.11. The summed E-state index contributed by atoms with van der Waals surface area (Å²) in [5, 5.41) is 7.47. The quantitative estimate of drug-likeness (QED) is 0.171. The van der Waals surface area contributed by atoms with E-state index >= 15 is 0 Å². The molecule has 46 heavy (non-hydrogen) atoms. The van der Waals surface area contributed by atoms with Gasteiger partial charge in [-0.25, -0.2) is 0 Å². The Hall–Kier alpha value is -5.98. The fourth-order valence-corrected chi connectivity index (χ4v) is 7.11. The second-order valence-corrected chi connectivity index (χ2v) is 11.7. The van der Waals surface area contributed by atoms with Crippen molar-refractivity contribution >= 4 is 44.5 Å². The van der Waals surface area contributed by atoms with E-state index < -0.39 is 0 Å². The van der Waals surface area contributed by atoms with Gasteiger partial charge in [-0.2, -0.15) is 0 Å². The van der Waals surface area contributed by atoms with Gasteiger partial charge in [0.15, 0.2) is 0 Å². The summed E-state index contributed by atoms with van der Waals surface area (Å²) in [6.07, 6.45) is 3.82. The van der Waals surface area contributed by atoms with E-state index in [9.17, 15) is 0 Å². The molecule has 0 heteroatoms. The Morgan fingerprint density at radius 3 is 0.826 bits per heavy atom. The van der Waals surface area contributed by atoms with E-state index in [1.807, 2.05) is 12.2 Å². The van der Waals surface area contributed by atoms with Gasteiger partial charge in [-0.15, -0.1) is 0 Å². The lowest BCUT2D eigenvalue weighted by Crippen LogP contribution is -1.97. The maximum absolute atomic E-state index is 4.02. The van der Waals surface area contributed by atoms with Gasteiger partial charge in [-0.05, 0) is 88.0 Å². The van der Waals surface area contributed by atoms with E-state index in [1.165, 1.54) is 76.8 Å². The molecule has 8 aromatic rings. The topological polar surface area (TPSA) is 0 Å². The number of benzene rings is 8. The van der Waals surface area contributed by atoms with E-state index in [-0.39, 0.29) is 0 Å². The van der Waals surface area contributed by atoms with E-state index in [1.54, 1.807) is 0 Å². The lowest BCUT2D eigenvalue weighted by atomic mass is 9.77. The van der Waals surface area contributed by atoms with Crippen molar-refractivity contribution in [2.45, 2.75) is 0 Å². The molecule has 0 aliphatic carbocycles. The van der Waals surface area contributed by atoms with Gasteiger partial charge in [0, 0.05) is 0 Å². The van der Waals surface area contributed by atoms with Crippen molar-refractivity contribution < 1.29 is 0 Å². The van der Waals surface area contributed by atoms with Crippen LogP contribution in [0.25, 0.3) is 89.0 Å². The first-order chi connectivity index (χ1) is 22.8. The molecule has 0 nitrogen and oxygen atoms in total. The van der Waals surface area contributed by atoms with Crippen LogP contribution in [0, 0.1) is 0 Å². The smallest absolute Gasteiger partial charge is 0.000139 e. The van der Waals surface area contributed by atoms with Crippen molar-refractivity contribution in [2.75, 3.05) is 0 Å². The predicted molar refractivity (Wildman–Crippen MR) is 201 cm³/mol. The lowest BCUT2D eigenvalue weighted by molar-refractivity contribution is 1.61. The first-order valence-electron chi connectivity index (χ1n) is 15.8. The number of hydrogen-bond donors (Lipinski definition) is 0. The Labute approximate surface area is 270 Å². The maximum atomic E-state index is 4.02. The summed E-state index contributed by atoms with van der Waals surface area (Å²) in [7, 11) is 0. The van der Waals surface area contributed by atoms with Crippen LogP contribution in [0.3, 0.4) is 0 Å². The molecule has 0 unspecified atom stereocenters. The molecule has 0 aromatic heterocycles. The van der Waals surface area contributed by atoms with Gasteiger partial charge in [0.25, 0.3) is 0 Å². The van der Waals surface area contributed by atoms with Crippen LogP contribution in [0.1, 0.15) is 11.1 Å². The van der Waals surface area contributed by atoms with Crippen LogP contribution in [0.5, 0.6) is 0 Å². The molecule has 0 saturated carbocycles. The minimum atomic E-state index is 1.11. The molecular formula is C46H32. The standard InChI is InChI=1S/C46H32/c1-3-31-23-27-35(28-24-31)43-39-21-13-11-19-37(39)42(34-17-9-6-10-18-34)46-44(36-29-25-32(4-2)26-30-36)40-22-14-12-20-38(40)41(45(43)46)33-15-7-5-8-16-33/h3-30H,1-2H2. The van der Waals surface area contributed by atoms with Crippen LogP contribution < -0.4 is 0 Å². The largest absolute Gasteiger partial charge is 0.0985 e. The zero-order valence-corrected chi connectivity index (χ0v) is 25.6. The number of fused-ring (bicyclic) bond motifs is 3. The van der Waals surface area contributed by atoms with Crippen molar-refractivity contribution in [3.05, 3.63) is 182 Å². The molecule has 0 saturated heterocycles. The van der Waals surface area contributed by atoms with E-state index in [4.69, 9.17) is 0 Å². The highest BCUT2D eigenvalue weighted by Crippen LogP contribution is 2.53. The second-order valence-electron chi connectivity index (χ2n) is 11.7. The third-order valence-corrected chi connectivity index (χ3v) is 9.18. The Balaban J connectivity index is 1.73. The zero-order chi connectivity index (χ0) is 31.0. The second kappa shape index (κ2) is 11.5. The molecule has 0 radical (unpaired) electrons. The van der Waals surface area contributed by atoms with Gasteiger partial charge in [0.2, 0.25) is 0 Å². The van der Waals surface area contributed by atoms with Gasteiger partial charge in [-0.3, -0.25) is 0 Å². The number of hydrogen-bond acceptors (Lipinski definition) is 0. The van der Waals surface area contributed by atoms with E-state index in [0.29, 0.717) is 0 Å². The highest BCUT2D eigenvalue weighted by molar-refractivity contribution is 6.33. The van der Waals surface area contributed by atoms with Crippen LogP contribution in [0.4, 0.5) is 0 Å². The fraction of sp³-hybridized carbons (Fsp3) is 0. The van der Waals surface area contributed by atoms with Crippen LogP contribution in [0.2, 0.25) is 0 Å². The summed E-state index contributed by atoms with van der Waals surface area (Å²) < 4.78 is 0. The zero-order valence-electron chi connectivity index (χ0n) is 25.6. The molecule has 0 bridgehead atoms. The monoisotopic (exact) mass is 584 g/mol. The Morgan fingerprint density at radius 2 is 0.543 bits per heavy atom. The number of rotatable bonds is 6. The van der Waals surface area contributed by atoms with Gasteiger partial charge >= 0.3 is 0 Å². The molecule has 0 atom stereocenters. The van der Waals surface area contributed by atoms with Gasteiger partial charge in [0.1, 0.15) is 0 Å². The average Bonchev–Trinajstić information content (AvgIpc) is 3.13. The third kappa shape index (κ3) is 4.47. The van der Waals surface area contributed by atoms with Crippen molar-refractivity contribution in [2.24, 2.45) is 0 Å². The molecule has 0 aliphatic heterocycles. The summed E-state index contributed by atoms with van der Waals surface area (Å²) in [6.45, 7) is 8.04. The van der Waals surface area contributed by atoms with Gasteiger partial charge in [-0.1, -0.05) is 183 Å². The van der Waals surface area contributed by atoms with Gasteiger partial charge < -0.3 is 0 Å². The SMILES string of the molecule is C=Cc1ccc(-c2c3ccccc3c(-c3ccccc3)c3c(-c4ccc(C=C)cc4)c4ccccc4c(-c4ccccc4)c23)cc1. The molecule has 0 fully saturated rings. The Morgan fingerprint density at radius 1 is 0.283 bits per heavy atom. The first kappa shape index (κ1) is 27.6. The molecule has 0 N–H and O–H groups in total. The molecule has 216 valence electrons. The third-order valence-electron chi connectivity index (χ3n) is 9.18. The van der Waals surface area contributed by atoms with Crippen molar-refractivity contribution in [3.8, 4) is 44.5 Å².